The molecule has 0 aliphatic heterocycles. The van der Waals surface area contributed by atoms with Crippen molar-refractivity contribution in [2.45, 2.75) is 0 Å². The average Bonchev–Trinajstić information content (AvgIpc) is 2.56. The zero-order valence-corrected chi connectivity index (χ0v) is 12.3. The molecule has 0 saturated heterocycles. The van der Waals surface area contributed by atoms with Gasteiger partial charge in [-0.25, -0.2) is 4.79 Å². The monoisotopic (exact) mass is 313 g/mol. The second-order valence-corrected chi connectivity index (χ2v) is 4.61. The van der Waals surface area contributed by atoms with Crippen LogP contribution in [-0.4, -0.2) is 29.2 Å². The van der Waals surface area contributed by atoms with Gasteiger partial charge in [0.1, 0.15) is 5.70 Å². The Morgan fingerprint density at radius 3 is 2.43 bits per heavy atom. The number of aliphatic carboxylic acids is 1. The van der Waals surface area contributed by atoms with E-state index in [4.69, 9.17) is 4.74 Å². The Morgan fingerprint density at radius 2 is 1.83 bits per heavy atom. The number of hydrogen-bond acceptors (Lipinski definition) is 4. The van der Waals surface area contributed by atoms with Crippen molar-refractivity contribution in [1.82, 2.24) is 5.32 Å². The minimum atomic E-state index is -1.28. The van der Waals surface area contributed by atoms with Gasteiger partial charge in [0.15, 0.2) is 11.5 Å². The van der Waals surface area contributed by atoms with Gasteiger partial charge in [0.2, 0.25) is 0 Å². The molecule has 1 amide bonds. The first kappa shape index (κ1) is 16.1. The summed E-state index contributed by atoms with van der Waals surface area (Å²) in [5.41, 5.74) is 0.528. The van der Waals surface area contributed by atoms with Crippen LogP contribution in [0, 0.1) is 0 Å². The summed E-state index contributed by atoms with van der Waals surface area (Å²) in [4.78, 5) is 23.4. The van der Waals surface area contributed by atoms with Crippen molar-refractivity contribution in [2.75, 3.05) is 7.11 Å². The van der Waals surface area contributed by atoms with Gasteiger partial charge in [0, 0.05) is 5.56 Å². The van der Waals surface area contributed by atoms with Gasteiger partial charge >= 0.3 is 5.97 Å². The van der Waals surface area contributed by atoms with E-state index < -0.39 is 11.9 Å². The number of nitrogens with one attached hydrogen (secondary N) is 1. The predicted octanol–water partition coefficient (Wildman–Crippen LogP) is 2.26. The minimum absolute atomic E-state index is 0.0603. The lowest BCUT2D eigenvalue weighted by atomic mass is 10.1. The second-order valence-electron chi connectivity index (χ2n) is 4.61. The lowest BCUT2D eigenvalue weighted by Gasteiger charge is -2.07. The number of ether oxygens (including phenoxy) is 1. The Bertz CT molecular complexity index is 753. The molecular formula is C17H15NO5. The van der Waals surface area contributed by atoms with Gasteiger partial charge in [0.05, 0.1) is 7.11 Å². The van der Waals surface area contributed by atoms with Crippen molar-refractivity contribution in [2.24, 2.45) is 0 Å². The molecule has 0 aliphatic carbocycles. The molecule has 2 aromatic carbocycles. The lowest BCUT2D eigenvalue weighted by molar-refractivity contribution is -0.132. The summed E-state index contributed by atoms with van der Waals surface area (Å²) in [6, 6.07) is 12.6. The number of phenolic OH excluding ortho intramolecular Hbond substituents is 1. The first-order valence-electron chi connectivity index (χ1n) is 6.69. The number of hydrogen-bond donors (Lipinski definition) is 3. The summed E-state index contributed by atoms with van der Waals surface area (Å²) in [6.07, 6.45) is 1.28. The largest absolute Gasteiger partial charge is 0.504 e. The van der Waals surface area contributed by atoms with E-state index in [1.54, 1.807) is 30.3 Å². The molecule has 0 bridgehead atoms. The third kappa shape index (κ3) is 4.10. The molecule has 23 heavy (non-hydrogen) atoms. The summed E-state index contributed by atoms with van der Waals surface area (Å²) in [5.74, 6) is -1.65. The van der Waals surface area contributed by atoms with Gasteiger partial charge in [-0.05, 0) is 35.9 Å². The molecule has 0 saturated carbocycles. The van der Waals surface area contributed by atoms with E-state index in [2.05, 4.69) is 5.32 Å². The number of carboxylic acids is 1. The van der Waals surface area contributed by atoms with Gasteiger partial charge in [-0.1, -0.05) is 24.3 Å². The van der Waals surface area contributed by atoms with Crippen LogP contribution in [0.5, 0.6) is 11.5 Å². The van der Waals surface area contributed by atoms with E-state index in [9.17, 15) is 19.8 Å². The Balaban J connectivity index is 2.28. The van der Waals surface area contributed by atoms with Crippen LogP contribution in [0.15, 0.2) is 54.2 Å². The summed E-state index contributed by atoms with van der Waals surface area (Å²) < 4.78 is 4.96. The molecule has 0 unspecified atom stereocenters. The third-order valence-electron chi connectivity index (χ3n) is 3.03. The third-order valence-corrected chi connectivity index (χ3v) is 3.03. The SMILES string of the molecule is COc1cc(C=C(NC(=O)c2ccccc2)C(=O)O)ccc1O. The molecule has 0 heterocycles. The Kier molecular flexibility index (Phi) is 4.99. The highest BCUT2D eigenvalue weighted by Gasteiger charge is 2.13. The van der Waals surface area contributed by atoms with Crippen LogP contribution in [-0.2, 0) is 4.79 Å². The van der Waals surface area contributed by atoms with E-state index in [0.29, 0.717) is 11.1 Å². The molecule has 0 aromatic heterocycles. The molecule has 3 N–H and O–H groups in total. The molecule has 2 aromatic rings. The highest BCUT2D eigenvalue weighted by Crippen LogP contribution is 2.27. The molecule has 0 spiro atoms. The maximum atomic E-state index is 12.0. The number of carbonyl (C=O) groups excluding carboxylic acids is 1. The van der Waals surface area contributed by atoms with E-state index in [-0.39, 0.29) is 17.2 Å². The number of carboxylic acid groups (broad SMARTS) is 1. The zero-order chi connectivity index (χ0) is 16.8. The van der Waals surface area contributed by atoms with Crippen LogP contribution < -0.4 is 10.1 Å². The average molecular weight is 313 g/mol. The topological polar surface area (TPSA) is 95.9 Å². The molecule has 118 valence electrons. The van der Waals surface area contributed by atoms with Gasteiger partial charge in [-0.3, -0.25) is 4.79 Å². The number of carbonyl (C=O) groups is 2. The van der Waals surface area contributed by atoms with Crippen molar-refractivity contribution in [3.63, 3.8) is 0 Å². The second kappa shape index (κ2) is 7.13. The maximum absolute atomic E-state index is 12.0. The van der Waals surface area contributed by atoms with Gasteiger partial charge < -0.3 is 20.3 Å². The van der Waals surface area contributed by atoms with Crippen molar-refractivity contribution in [3.05, 3.63) is 65.4 Å². The fourth-order valence-electron chi connectivity index (χ4n) is 1.89. The first-order chi connectivity index (χ1) is 11.0. The van der Waals surface area contributed by atoms with Crippen molar-refractivity contribution >= 4 is 18.0 Å². The summed E-state index contributed by atoms with van der Waals surface area (Å²) in [7, 11) is 1.39. The molecular weight excluding hydrogens is 298 g/mol. The minimum Gasteiger partial charge on any atom is -0.504 e. The molecule has 6 nitrogen and oxygen atoms in total. The van der Waals surface area contributed by atoms with E-state index in [1.165, 1.54) is 31.4 Å². The highest BCUT2D eigenvalue weighted by atomic mass is 16.5. The summed E-state index contributed by atoms with van der Waals surface area (Å²) in [5, 5.41) is 21.1. The van der Waals surface area contributed by atoms with Crippen LogP contribution in [0.25, 0.3) is 6.08 Å². The fraction of sp³-hybridized carbons (Fsp3) is 0.0588. The number of rotatable bonds is 5. The predicted molar refractivity (Wildman–Crippen MR) is 84.2 cm³/mol. The van der Waals surface area contributed by atoms with Crippen LogP contribution in [0.3, 0.4) is 0 Å². The molecule has 0 radical (unpaired) electrons. The van der Waals surface area contributed by atoms with Crippen LogP contribution >= 0.6 is 0 Å². The van der Waals surface area contributed by atoms with Crippen molar-refractivity contribution in [1.29, 1.82) is 0 Å². The van der Waals surface area contributed by atoms with Crippen LogP contribution in [0.1, 0.15) is 15.9 Å². The smallest absolute Gasteiger partial charge is 0.352 e. The van der Waals surface area contributed by atoms with E-state index >= 15 is 0 Å². The van der Waals surface area contributed by atoms with Gasteiger partial charge in [-0.15, -0.1) is 0 Å². The Labute approximate surface area is 132 Å². The standard InChI is InChI=1S/C17H15NO5/c1-23-15-10-11(7-8-14(15)19)9-13(17(21)22)18-16(20)12-5-3-2-4-6-12/h2-10,19H,1H3,(H,18,20)(H,21,22). The zero-order valence-electron chi connectivity index (χ0n) is 12.3. The van der Waals surface area contributed by atoms with Crippen molar-refractivity contribution in [3.8, 4) is 11.5 Å². The number of aromatic hydroxyl groups is 1. The maximum Gasteiger partial charge on any atom is 0.352 e. The molecule has 6 heteroatoms. The first-order valence-corrected chi connectivity index (χ1v) is 6.69. The van der Waals surface area contributed by atoms with Gasteiger partial charge in [0.25, 0.3) is 5.91 Å². The van der Waals surface area contributed by atoms with Crippen molar-refractivity contribution < 1.29 is 24.5 Å². The number of methoxy groups -OCH3 is 1. The van der Waals surface area contributed by atoms with E-state index in [1.807, 2.05) is 0 Å². The normalized spacial score (nSPS) is 10.9. The fourth-order valence-corrected chi connectivity index (χ4v) is 1.89. The lowest BCUT2D eigenvalue weighted by Crippen LogP contribution is -2.27. The number of amides is 1. The molecule has 0 fully saturated rings. The molecule has 0 aliphatic rings. The quantitative estimate of drug-likeness (QED) is 0.736. The molecule has 2 rings (SSSR count). The van der Waals surface area contributed by atoms with Crippen LogP contribution in [0.2, 0.25) is 0 Å². The highest BCUT2D eigenvalue weighted by molar-refractivity contribution is 6.02. The summed E-state index contributed by atoms with van der Waals surface area (Å²) in [6.45, 7) is 0. The summed E-state index contributed by atoms with van der Waals surface area (Å²) >= 11 is 0. The number of phenols is 1. The Hall–Kier alpha value is -3.28. The Morgan fingerprint density at radius 1 is 1.13 bits per heavy atom. The molecule has 0 atom stereocenters. The number of benzene rings is 2. The van der Waals surface area contributed by atoms with E-state index in [0.717, 1.165) is 0 Å². The van der Waals surface area contributed by atoms with Crippen LogP contribution in [0.4, 0.5) is 0 Å². The van der Waals surface area contributed by atoms with Gasteiger partial charge in [-0.2, -0.15) is 0 Å².